The van der Waals surface area contributed by atoms with Crippen LogP contribution in [0, 0.1) is 0 Å². The van der Waals surface area contributed by atoms with Crippen LogP contribution in [0.25, 0.3) is 0 Å². The summed E-state index contributed by atoms with van der Waals surface area (Å²) in [5, 5.41) is 2.95. The summed E-state index contributed by atoms with van der Waals surface area (Å²) in [6.45, 7) is 6.76. The molecule has 1 amide bonds. The first-order valence-corrected chi connectivity index (χ1v) is 5.47. The quantitative estimate of drug-likeness (QED) is 0.695. The number of nitrogens with one attached hydrogen (secondary N) is 1. The summed E-state index contributed by atoms with van der Waals surface area (Å²) in [6.07, 6.45) is 4.93. The van der Waals surface area contributed by atoms with E-state index in [1.54, 1.807) is 0 Å². The van der Waals surface area contributed by atoms with Gasteiger partial charge in [-0.2, -0.15) is 0 Å². The Morgan fingerprint density at radius 1 is 1.13 bits per heavy atom. The first kappa shape index (κ1) is 17.1. The average Bonchev–Trinajstić information content (AvgIpc) is 2.00. The van der Waals surface area contributed by atoms with Crippen LogP contribution in [0.2, 0.25) is 0 Å². The van der Waals surface area contributed by atoms with Gasteiger partial charge < -0.3 is 11.1 Å². The molecule has 3 nitrogen and oxygen atoms in total. The van der Waals surface area contributed by atoms with Crippen LogP contribution < -0.4 is 11.1 Å². The van der Waals surface area contributed by atoms with E-state index >= 15 is 0 Å². The normalized spacial score (nSPS) is 10.7. The SMILES string of the molecule is CC(C)(C)NC(=O)CCCCCCN.Cl. The second-order valence-corrected chi connectivity index (χ2v) is 4.75. The van der Waals surface area contributed by atoms with Gasteiger partial charge in [0.1, 0.15) is 0 Å². The molecule has 0 bridgehead atoms. The van der Waals surface area contributed by atoms with Crippen LogP contribution in [0.5, 0.6) is 0 Å². The molecule has 0 aliphatic heterocycles. The molecular formula is C11H25ClN2O. The molecule has 4 heteroatoms. The summed E-state index contributed by atoms with van der Waals surface area (Å²) in [6, 6.07) is 0. The van der Waals surface area contributed by atoms with Crippen molar-refractivity contribution in [3.05, 3.63) is 0 Å². The highest BCUT2D eigenvalue weighted by atomic mass is 35.5. The molecule has 0 fully saturated rings. The molecule has 0 aliphatic carbocycles. The summed E-state index contributed by atoms with van der Waals surface area (Å²) in [4.78, 5) is 11.4. The third-order valence-corrected chi connectivity index (χ3v) is 1.87. The Balaban J connectivity index is 0. The van der Waals surface area contributed by atoms with Crippen LogP contribution in [-0.4, -0.2) is 18.0 Å². The van der Waals surface area contributed by atoms with Gasteiger partial charge in [0.25, 0.3) is 0 Å². The highest BCUT2D eigenvalue weighted by molar-refractivity contribution is 5.85. The summed E-state index contributed by atoms with van der Waals surface area (Å²) in [5.74, 6) is 0.158. The minimum absolute atomic E-state index is 0. The lowest BCUT2D eigenvalue weighted by molar-refractivity contribution is -0.122. The number of carbonyl (C=O) groups is 1. The van der Waals surface area contributed by atoms with Crippen molar-refractivity contribution in [3.63, 3.8) is 0 Å². The first-order valence-electron chi connectivity index (χ1n) is 5.47. The highest BCUT2D eigenvalue weighted by Crippen LogP contribution is 2.04. The number of rotatable bonds is 6. The summed E-state index contributed by atoms with van der Waals surface area (Å²) < 4.78 is 0. The molecule has 0 saturated carbocycles. The molecule has 92 valence electrons. The predicted molar refractivity (Wildman–Crippen MR) is 67.3 cm³/mol. The molecule has 0 aliphatic rings. The number of hydrogen-bond donors (Lipinski definition) is 2. The lowest BCUT2D eigenvalue weighted by Crippen LogP contribution is -2.40. The van der Waals surface area contributed by atoms with E-state index in [2.05, 4.69) is 5.32 Å². The third kappa shape index (κ3) is 13.7. The number of carbonyl (C=O) groups excluding carboxylic acids is 1. The number of hydrogen-bond acceptors (Lipinski definition) is 2. The minimum Gasteiger partial charge on any atom is -0.352 e. The van der Waals surface area contributed by atoms with E-state index < -0.39 is 0 Å². The molecule has 0 saturated heterocycles. The van der Waals surface area contributed by atoms with Crippen LogP contribution in [0.15, 0.2) is 0 Å². The van der Waals surface area contributed by atoms with Gasteiger partial charge in [-0.1, -0.05) is 12.8 Å². The van der Waals surface area contributed by atoms with Gasteiger partial charge >= 0.3 is 0 Å². The Bertz CT molecular complexity index is 166. The van der Waals surface area contributed by atoms with E-state index in [-0.39, 0.29) is 23.9 Å². The number of nitrogens with two attached hydrogens (primary N) is 1. The number of amides is 1. The van der Waals surface area contributed by atoms with E-state index in [0.717, 1.165) is 32.2 Å². The fraction of sp³-hybridized carbons (Fsp3) is 0.909. The third-order valence-electron chi connectivity index (χ3n) is 1.87. The molecule has 0 rings (SSSR count). The van der Waals surface area contributed by atoms with Gasteiger partial charge in [0, 0.05) is 12.0 Å². The standard InChI is InChI=1S/C11H24N2O.ClH/c1-11(2,3)13-10(14)8-6-4-5-7-9-12;/h4-9,12H2,1-3H3,(H,13,14);1H. The second-order valence-electron chi connectivity index (χ2n) is 4.75. The Morgan fingerprint density at radius 2 is 1.67 bits per heavy atom. The van der Waals surface area contributed by atoms with Gasteiger partial charge in [-0.25, -0.2) is 0 Å². The first-order chi connectivity index (χ1) is 6.45. The second kappa shape index (κ2) is 8.98. The molecule has 15 heavy (non-hydrogen) atoms. The van der Waals surface area contributed by atoms with Crippen LogP contribution in [0.3, 0.4) is 0 Å². The zero-order valence-electron chi connectivity index (χ0n) is 10.1. The minimum atomic E-state index is -0.103. The molecule has 0 unspecified atom stereocenters. The predicted octanol–water partition coefficient (Wildman–Crippen LogP) is 2.23. The molecule has 0 spiro atoms. The maximum atomic E-state index is 11.4. The Hall–Kier alpha value is -0.280. The zero-order valence-corrected chi connectivity index (χ0v) is 11.0. The summed E-state index contributed by atoms with van der Waals surface area (Å²) in [5.41, 5.74) is 5.27. The molecule has 3 N–H and O–H groups in total. The van der Waals surface area contributed by atoms with Crippen molar-refractivity contribution in [1.82, 2.24) is 5.32 Å². The average molecular weight is 237 g/mol. The number of halogens is 1. The fourth-order valence-corrected chi connectivity index (χ4v) is 1.26. The van der Waals surface area contributed by atoms with Gasteiger partial charge in [0.05, 0.1) is 0 Å². The van der Waals surface area contributed by atoms with Crippen molar-refractivity contribution in [2.45, 2.75) is 58.4 Å². The van der Waals surface area contributed by atoms with E-state index in [1.807, 2.05) is 20.8 Å². The van der Waals surface area contributed by atoms with E-state index in [0.29, 0.717) is 6.42 Å². The zero-order chi connectivity index (χ0) is 11.0. The van der Waals surface area contributed by atoms with E-state index in [1.165, 1.54) is 0 Å². The van der Waals surface area contributed by atoms with Gasteiger partial charge in [0.15, 0.2) is 0 Å². The van der Waals surface area contributed by atoms with Crippen molar-refractivity contribution in [3.8, 4) is 0 Å². The smallest absolute Gasteiger partial charge is 0.220 e. The Morgan fingerprint density at radius 3 is 2.13 bits per heavy atom. The molecule has 0 atom stereocenters. The summed E-state index contributed by atoms with van der Waals surface area (Å²) in [7, 11) is 0. The number of unbranched alkanes of at least 4 members (excludes halogenated alkanes) is 3. The molecule has 0 aromatic carbocycles. The largest absolute Gasteiger partial charge is 0.352 e. The van der Waals surface area contributed by atoms with Gasteiger partial charge in [0.2, 0.25) is 5.91 Å². The maximum absolute atomic E-state index is 11.4. The topological polar surface area (TPSA) is 55.1 Å². The van der Waals surface area contributed by atoms with Gasteiger partial charge in [-0.05, 0) is 40.2 Å². The lowest BCUT2D eigenvalue weighted by Gasteiger charge is -2.20. The van der Waals surface area contributed by atoms with Crippen LogP contribution >= 0.6 is 12.4 Å². The van der Waals surface area contributed by atoms with Crippen LogP contribution in [0.1, 0.15) is 52.9 Å². The Labute approximate surface area is 99.6 Å². The van der Waals surface area contributed by atoms with Crippen LogP contribution in [-0.2, 0) is 4.79 Å². The monoisotopic (exact) mass is 236 g/mol. The van der Waals surface area contributed by atoms with Crippen molar-refractivity contribution >= 4 is 18.3 Å². The van der Waals surface area contributed by atoms with E-state index in [9.17, 15) is 4.79 Å². The maximum Gasteiger partial charge on any atom is 0.220 e. The molecular weight excluding hydrogens is 212 g/mol. The van der Waals surface area contributed by atoms with E-state index in [4.69, 9.17) is 5.73 Å². The van der Waals surface area contributed by atoms with Crippen molar-refractivity contribution in [1.29, 1.82) is 0 Å². The Kier molecular flexibility index (Phi) is 10.3. The fourth-order valence-electron chi connectivity index (χ4n) is 1.26. The van der Waals surface area contributed by atoms with Crippen molar-refractivity contribution in [2.75, 3.05) is 6.54 Å². The highest BCUT2D eigenvalue weighted by Gasteiger charge is 2.12. The molecule has 0 radical (unpaired) electrons. The molecule has 0 aromatic rings. The van der Waals surface area contributed by atoms with Crippen molar-refractivity contribution in [2.24, 2.45) is 5.73 Å². The van der Waals surface area contributed by atoms with Crippen LogP contribution in [0.4, 0.5) is 0 Å². The van der Waals surface area contributed by atoms with Gasteiger partial charge in [-0.3, -0.25) is 4.79 Å². The van der Waals surface area contributed by atoms with Crippen molar-refractivity contribution < 1.29 is 4.79 Å². The molecule has 0 aromatic heterocycles. The van der Waals surface area contributed by atoms with Gasteiger partial charge in [-0.15, -0.1) is 12.4 Å². The summed E-state index contributed by atoms with van der Waals surface area (Å²) >= 11 is 0. The molecule has 0 heterocycles. The lowest BCUT2D eigenvalue weighted by atomic mass is 10.1.